The lowest BCUT2D eigenvalue weighted by Gasteiger charge is -2.51. The first-order chi connectivity index (χ1) is 24.0. The number of rotatable bonds is 7. The summed E-state index contributed by atoms with van der Waals surface area (Å²) in [5.41, 5.74) is 3.65. The van der Waals surface area contributed by atoms with Gasteiger partial charge in [-0.05, 0) is 90.2 Å². The Balaban J connectivity index is 1.54. The van der Waals surface area contributed by atoms with Gasteiger partial charge in [-0.1, -0.05) is 125 Å². The zero-order valence-electron chi connectivity index (χ0n) is 27.1. The molecule has 0 aromatic heterocycles. The van der Waals surface area contributed by atoms with Gasteiger partial charge in [0.1, 0.15) is 16.9 Å². The van der Waals surface area contributed by atoms with Crippen LogP contribution in [0.2, 0.25) is 20.1 Å². The average Bonchev–Trinajstić information content (AvgIpc) is 3.11. The van der Waals surface area contributed by atoms with E-state index in [0.29, 0.717) is 36.9 Å². The summed E-state index contributed by atoms with van der Waals surface area (Å²) in [7, 11) is 0. The molecule has 250 valence electrons. The van der Waals surface area contributed by atoms with Gasteiger partial charge in [-0.15, -0.1) is 0 Å². The van der Waals surface area contributed by atoms with Crippen LogP contribution in [0, 0.1) is 0 Å². The second-order valence-electron chi connectivity index (χ2n) is 12.5. The van der Waals surface area contributed by atoms with E-state index in [-0.39, 0.29) is 23.5 Å². The number of aliphatic hydroxyl groups excluding tert-OH is 1. The van der Waals surface area contributed by atoms with Crippen molar-refractivity contribution < 1.29 is 14.6 Å². The molecule has 2 unspecified atom stereocenters. The molecule has 2 aliphatic rings. The summed E-state index contributed by atoms with van der Waals surface area (Å²) >= 11 is 25.3. The third kappa shape index (κ3) is 5.89. The van der Waals surface area contributed by atoms with Gasteiger partial charge in [0, 0.05) is 37.6 Å². The number of hydrogen-bond donors (Lipinski definition) is 1. The Bertz CT molecular complexity index is 2100. The normalized spacial score (nSPS) is 19.2. The topological polar surface area (TPSA) is 58.9 Å². The summed E-state index contributed by atoms with van der Waals surface area (Å²) in [6.07, 6.45) is 1.79. The van der Waals surface area contributed by atoms with Crippen molar-refractivity contribution in [2.24, 2.45) is 4.99 Å². The first-order valence-corrected chi connectivity index (χ1v) is 17.6. The van der Waals surface area contributed by atoms with E-state index < -0.39 is 17.2 Å². The molecule has 4 nitrogen and oxygen atoms in total. The number of fused-ring (bicyclic) bond motifs is 3. The van der Waals surface area contributed by atoms with Crippen molar-refractivity contribution in [3.63, 3.8) is 0 Å². The van der Waals surface area contributed by atoms with Crippen molar-refractivity contribution in [2.75, 3.05) is 0 Å². The molecular formula is C42H31Cl4NO3. The van der Waals surface area contributed by atoms with E-state index in [1.165, 1.54) is 6.92 Å². The van der Waals surface area contributed by atoms with Gasteiger partial charge in [-0.2, -0.15) is 0 Å². The largest absolute Gasteiger partial charge is 0.506 e. The van der Waals surface area contributed by atoms with Crippen LogP contribution < -0.4 is 0 Å². The van der Waals surface area contributed by atoms with Gasteiger partial charge in [0.2, 0.25) is 0 Å². The molecule has 2 atom stereocenters. The van der Waals surface area contributed by atoms with E-state index in [1.54, 1.807) is 0 Å². The second-order valence-corrected chi connectivity index (χ2v) is 14.2. The molecule has 0 radical (unpaired) electrons. The Kier molecular flexibility index (Phi) is 9.27. The zero-order chi connectivity index (χ0) is 35.2. The maximum atomic E-state index is 13.7. The first kappa shape index (κ1) is 34.3. The van der Waals surface area contributed by atoms with Crippen molar-refractivity contribution in [2.45, 2.75) is 37.5 Å². The van der Waals surface area contributed by atoms with Gasteiger partial charge in [-0.3, -0.25) is 9.79 Å². The summed E-state index contributed by atoms with van der Waals surface area (Å²) < 4.78 is 7.40. The fourth-order valence-electron chi connectivity index (χ4n) is 7.21. The molecule has 1 N–H and O–H groups in total. The lowest BCUT2D eigenvalue weighted by molar-refractivity contribution is -0.114. The number of ether oxygens (including phenoxy) is 1. The molecule has 1 aliphatic carbocycles. The van der Waals surface area contributed by atoms with Crippen molar-refractivity contribution in [1.82, 2.24) is 0 Å². The fourth-order valence-corrected chi connectivity index (χ4v) is 7.71. The van der Waals surface area contributed by atoms with Crippen LogP contribution in [-0.4, -0.2) is 22.7 Å². The molecule has 50 heavy (non-hydrogen) atoms. The van der Waals surface area contributed by atoms with Crippen LogP contribution in [0.4, 0.5) is 0 Å². The molecule has 0 saturated heterocycles. The number of benzene rings is 5. The van der Waals surface area contributed by atoms with Crippen LogP contribution in [-0.2, 0) is 20.7 Å². The predicted octanol–water partition coefficient (Wildman–Crippen LogP) is 11.7. The predicted molar refractivity (Wildman–Crippen MR) is 205 cm³/mol. The summed E-state index contributed by atoms with van der Waals surface area (Å²) in [6, 6.07) is 37.7. The highest BCUT2D eigenvalue weighted by Crippen LogP contribution is 2.53. The molecule has 0 fully saturated rings. The minimum Gasteiger partial charge on any atom is -0.506 e. The third-order valence-electron chi connectivity index (χ3n) is 9.55. The SMILES string of the molecule is CC(=O)C1=C(O)c2ccccc2C2(CC=C(c3ccc(Cl)cc3)c3ccc(Cl)cc3)OC(C)C(c3ccc(Cl)cc3)(c3ccc(Cl)cc3)N=C12. The quantitative estimate of drug-likeness (QED) is 0.181. The number of carbonyl (C=O) groups is 1. The van der Waals surface area contributed by atoms with E-state index in [0.717, 1.165) is 27.8 Å². The highest BCUT2D eigenvalue weighted by molar-refractivity contribution is 6.32. The Morgan fingerprint density at radius 1 is 0.740 bits per heavy atom. The fraction of sp³-hybridized carbons (Fsp3) is 0.143. The first-order valence-electron chi connectivity index (χ1n) is 16.1. The average molecular weight is 740 g/mol. The maximum Gasteiger partial charge on any atom is 0.165 e. The van der Waals surface area contributed by atoms with E-state index >= 15 is 0 Å². The Morgan fingerprint density at radius 3 is 1.68 bits per heavy atom. The van der Waals surface area contributed by atoms with Gasteiger partial charge in [-0.25, -0.2) is 0 Å². The highest BCUT2D eigenvalue weighted by Gasteiger charge is 2.56. The summed E-state index contributed by atoms with van der Waals surface area (Å²) in [5.74, 6) is -0.472. The molecule has 7 rings (SSSR count). The molecular weight excluding hydrogens is 708 g/mol. The monoisotopic (exact) mass is 737 g/mol. The molecule has 0 amide bonds. The lowest BCUT2D eigenvalue weighted by atomic mass is 9.69. The summed E-state index contributed by atoms with van der Waals surface area (Å²) in [4.78, 5) is 19.3. The minimum absolute atomic E-state index is 0.107. The van der Waals surface area contributed by atoms with Crippen molar-refractivity contribution >= 4 is 69.2 Å². The minimum atomic E-state index is -1.27. The second kappa shape index (κ2) is 13.5. The van der Waals surface area contributed by atoms with Crippen molar-refractivity contribution in [1.29, 1.82) is 0 Å². The van der Waals surface area contributed by atoms with Crippen LogP contribution in [0.25, 0.3) is 11.3 Å². The van der Waals surface area contributed by atoms with Crippen molar-refractivity contribution in [3.8, 4) is 0 Å². The number of ketones is 1. The standard InChI is InChI=1S/C42H31Cl4NO3/c1-25(48)38-39(49)36-5-3-4-6-37(36)41(24-23-35(27-7-15-31(43)16-8-27)28-9-17-32(44)18-10-28)40(38)47-42(26(2)50-41,29-11-19-33(45)20-12-29)30-13-21-34(46)22-14-30/h3-23,26,49H,24H2,1-2H3. The number of hydrogen-bond acceptors (Lipinski definition) is 4. The number of carbonyl (C=O) groups excluding carboxylic acids is 1. The molecule has 0 bridgehead atoms. The smallest absolute Gasteiger partial charge is 0.165 e. The maximum absolute atomic E-state index is 13.7. The van der Waals surface area contributed by atoms with E-state index in [1.807, 2.05) is 128 Å². The summed E-state index contributed by atoms with van der Waals surface area (Å²) in [6.45, 7) is 3.43. The Morgan fingerprint density at radius 2 is 1.20 bits per heavy atom. The van der Waals surface area contributed by atoms with Crippen LogP contribution in [0.1, 0.15) is 53.6 Å². The van der Waals surface area contributed by atoms with Gasteiger partial charge in [0.25, 0.3) is 0 Å². The zero-order valence-corrected chi connectivity index (χ0v) is 30.2. The number of aliphatic hydroxyl groups is 1. The molecule has 5 aromatic rings. The number of halogens is 4. The molecule has 0 spiro atoms. The van der Waals surface area contributed by atoms with Gasteiger partial charge in [0.05, 0.1) is 17.4 Å². The third-order valence-corrected chi connectivity index (χ3v) is 10.6. The van der Waals surface area contributed by atoms with Crippen molar-refractivity contribution in [3.05, 3.63) is 186 Å². The Labute approximate surface area is 311 Å². The summed E-state index contributed by atoms with van der Waals surface area (Å²) in [5, 5.41) is 14.2. The van der Waals surface area contributed by atoms with Crippen LogP contribution in [0.15, 0.2) is 138 Å². The van der Waals surface area contributed by atoms with Gasteiger partial charge < -0.3 is 9.84 Å². The van der Waals surface area contributed by atoms with E-state index in [2.05, 4.69) is 6.08 Å². The molecule has 0 saturated carbocycles. The number of nitrogens with zero attached hydrogens (tertiary/aromatic N) is 1. The van der Waals surface area contributed by atoms with Crippen LogP contribution >= 0.6 is 46.4 Å². The lowest BCUT2D eigenvalue weighted by Crippen LogP contribution is -2.56. The van der Waals surface area contributed by atoms with Crippen LogP contribution in [0.3, 0.4) is 0 Å². The number of aliphatic imine (C=N–C) groups is 1. The molecule has 1 heterocycles. The van der Waals surface area contributed by atoms with E-state index in [4.69, 9.17) is 56.1 Å². The van der Waals surface area contributed by atoms with E-state index in [9.17, 15) is 9.90 Å². The number of Topliss-reactive ketones (excluding diaryl/α,β-unsaturated/α-hetero) is 1. The van der Waals surface area contributed by atoms with Gasteiger partial charge in [0.15, 0.2) is 5.78 Å². The van der Waals surface area contributed by atoms with Gasteiger partial charge >= 0.3 is 0 Å². The highest BCUT2D eigenvalue weighted by atomic mass is 35.5. The Hall–Kier alpha value is -4.16. The molecule has 1 aliphatic heterocycles. The molecule has 5 aromatic carbocycles. The molecule has 8 heteroatoms. The van der Waals surface area contributed by atoms with Crippen LogP contribution in [0.5, 0.6) is 0 Å².